The van der Waals surface area contributed by atoms with Gasteiger partial charge in [-0.1, -0.05) is 46.8 Å². The summed E-state index contributed by atoms with van der Waals surface area (Å²) in [6.45, 7) is 18.4. The minimum Gasteiger partial charge on any atom is -0.431 e. The summed E-state index contributed by atoms with van der Waals surface area (Å²) in [5.74, 6) is 1.10. The van der Waals surface area contributed by atoms with E-state index < -0.39 is 60.6 Å². The van der Waals surface area contributed by atoms with Crippen LogP contribution in [0.4, 0.5) is 4.79 Å². The molecule has 1 aliphatic heterocycles. The van der Waals surface area contributed by atoms with Gasteiger partial charge in [-0.3, -0.25) is 4.79 Å². The van der Waals surface area contributed by atoms with Crippen molar-refractivity contribution in [1.29, 1.82) is 0 Å². The Labute approximate surface area is 274 Å². The highest BCUT2D eigenvalue weighted by Gasteiger charge is 2.79. The van der Waals surface area contributed by atoms with Crippen molar-refractivity contribution < 1.29 is 43.5 Å². The van der Waals surface area contributed by atoms with Crippen LogP contribution in [0.1, 0.15) is 106 Å². The van der Waals surface area contributed by atoms with Gasteiger partial charge in [0, 0.05) is 12.3 Å². The summed E-state index contributed by atoms with van der Waals surface area (Å²) in [6.07, 6.45) is 6.19. The molecular formula is C37H56O9. The average Bonchev–Trinajstić information content (AvgIpc) is 3.51. The third kappa shape index (κ3) is 4.49. The van der Waals surface area contributed by atoms with Crippen LogP contribution in [0.5, 0.6) is 0 Å². The van der Waals surface area contributed by atoms with E-state index in [0.29, 0.717) is 30.1 Å². The number of ether oxygens (including phenoxy) is 4. The highest BCUT2D eigenvalue weighted by Crippen LogP contribution is 2.78. The third-order valence-corrected chi connectivity index (χ3v) is 15.2. The van der Waals surface area contributed by atoms with E-state index in [1.807, 2.05) is 13.8 Å². The monoisotopic (exact) mass is 644 g/mol. The van der Waals surface area contributed by atoms with Crippen LogP contribution in [0, 0.1) is 63.1 Å². The third-order valence-electron chi connectivity index (χ3n) is 15.2. The van der Waals surface area contributed by atoms with Crippen LogP contribution in [0.15, 0.2) is 12.2 Å². The lowest BCUT2D eigenvalue weighted by Gasteiger charge is -2.73. The normalized spacial score (nSPS) is 47.5. The topological polar surface area (TPSA) is 129 Å². The van der Waals surface area contributed by atoms with E-state index in [0.717, 1.165) is 25.2 Å². The molecule has 13 atom stereocenters. The summed E-state index contributed by atoms with van der Waals surface area (Å²) in [5, 5.41) is 19.0. The van der Waals surface area contributed by atoms with Crippen molar-refractivity contribution in [2.45, 2.75) is 124 Å². The highest BCUT2D eigenvalue weighted by atomic mass is 16.8. The molecule has 6 fully saturated rings. The van der Waals surface area contributed by atoms with Crippen molar-refractivity contribution in [2.24, 2.45) is 63.1 Å². The molecule has 0 aromatic carbocycles. The van der Waals surface area contributed by atoms with Gasteiger partial charge in [0.2, 0.25) is 5.60 Å². The Morgan fingerprint density at radius 2 is 1.65 bits per heavy atom. The Balaban J connectivity index is 1.38. The van der Waals surface area contributed by atoms with Crippen LogP contribution in [0.25, 0.3) is 0 Å². The van der Waals surface area contributed by atoms with E-state index >= 15 is 0 Å². The van der Waals surface area contributed by atoms with Crippen molar-refractivity contribution in [1.82, 2.24) is 0 Å². The number of carbonyl (C=O) groups excluding carboxylic acids is 3. The SMILES string of the molecule is C=C(C)[C@@H]1CC[C@@H]2CC[C@]3(C)[C@H](CCC4[C@@]5(C)CC6C(OC(C)=O)OC(=O)[C@@]6(OC(=O)OCC(O)CO)C(C)(C)[C@@H]5CC[C@]43C)[C@H]21. The molecule has 258 valence electrons. The fourth-order valence-corrected chi connectivity index (χ4v) is 13.2. The predicted molar refractivity (Wildman–Crippen MR) is 169 cm³/mol. The molecule has 9 heteroatoms. The van der Waals surface area contributed by atoms with E-state index in [1.54, 1.807) is 0 Å². The van der Waals surface area contributed by atoms with Gasteiger partial charge in [-0.2, -0.15) is 0 Å². The molecule has 6 rings (SSSR count). The fraction of sp³-hybridized carbons (Fsp3) is 0.865. The number of carbonyl (C=O) groups is 3. The zero-order chi connectivity index (χ0) is 33.6. The smallest absolute Gasteiger partial charge is 0.431 e. The molecule has 6 aliphatic rings. The van der Waals surface area contributed by atoms with Crippen LogP contribution in [-0.2, 0) is 28.5 Å². The summed E-state index contributed by atoms with van der Waals surface area (Å²) in [7, 11) is 0. The number of fused-ring (bicyclic) bond motifs is 8. The Morgan fingerprint density at radius 3 is 2.30 bits per heavy atom. The van der Waals surface area contributed by atoms with Crippen molar-refractivity contribution in [3.05, 3.63) is 12.2 Å². The van der Waals surface area contributed by atoms with E-state index in [2.05, 4.69) is 34.3 Å². The summed E-state index contributed by atoms with van der Waals surface area (Å²) >= 11 is 0. The first-order valence-electron chi connectivity index (χ1n) is 17.7. The molecule has 4 unspecified atom stereocenters. The Hall–Kier alpha value is -2.13. The second-order valence-electron chi connectivity index (χ2n) is 17.2. The quantitative estimate of drug-likeness (QED) is 0.257. The van der Waals surface area contributed by atoms with Gasteiger partial charge in [-0.15, -0.1) is 0 Å². The molecule has 5 saturated carbocycles. The zero-order valence-corrected chi connectivity index (χ0v) is 28.9. The van der Waals surface area contributed by atoms with Crippen molar-refractivity contribution in [3.63, 3.8) is 0 Å². The molecule has 0 amide bonds. The number of aliphatic hydroxyl groups excluding tert-OH is 2. The maximum atomic E-state index is 14.0. The molecule has 46 heavy (non-hydrogen) atoms. The number of esters is 2. The predicted octanol–water partition coefficient (Wildman–Crippen LogP) is 6.19. The molecule has 0 bridgehead atoms. The molecular weight excluding hydrogens is 588 g/mol. The summed E-state index contributed by atoms with van der Waals surface area (Å²) in [4.78, 5) is 39.4. The van der Waals surface area contributed by atoms with Gasteiger partial charge in [-0.25, -0.2) is 9.59 Å². The zero-order valence-electron chi connectivity index (χ0n) is 28.9. The van der Waals surface area contributed by atoms with Crippen LogP contribution < -0.4 is 0 Å². The van der Waals surface area contributed by atoms with E-state index in [-0.39, 0.29) is 22.2 Å². The minimum absolute atomic E-state index is 0.0138. The van der Waals surface area contributed by atoms with Gasteiger partial charge in [-0.05, 0) is 116 Å². The molecule has 2 N–H and O–H groups in total. The fourth-order valence-electron chi connectivity index (χ4n) is 13.2. The number of rotatable bonds is 6. The maximum absolute atomic E-state index is 14.0. The van der Waals surface area contributed by atoms with Crippen LogP contribution in [0.2, 0.25) is 0 Å². The van der Waals surface area contributed by atoms with Crippen molar-refractivity contribution in [3.8, 4) is 0 Å². The Morgan fingerprint density at radius 1 is 0.957 bits per heavy atom. The van der Waals surface area contributed by atoms with Gasteiger partial charge in [0.1, 0.15) is 12.7 Å². The Bertz CT molecular complexity index is 1280. The lowest BCUT2D eigenvalue weighted by Crippen LogP contribution is -2.71. The first-order chi connectivity index (χ1) is 21.5. The summed E-state index contributed by atoms with van der Waals surface area (Å²) in [6, 6.07) is 0. The summed E-state index contributed by atoms with van der Waals surface area (Å²) < 4.78 is 22.6. The minimum atomic E-state index is -1.75. The number of hydrogen-bond donors (Lipinski definition) is 2. The molecule has 9 nitrogen and oxygen atoms in total. The van der Waals surface area contributed by atoms with Gasteiger partial charge in [0.05, 0.1) is 12.5 Å². The van der Waals surface area contributed by atoms with Crippen molar-refractivity contribution >= 4 is 18.1 Å². The number of hydrogen-bond acceptors (Lipinski definition) is 9. The second-order valence-corrected chi connectivity index (χ2v) is 17.2. The highest BCUT2D eigenvalue weighted by molar-refractivity contribution is 5.86. The average molecular weight is 645 g/mol. The lowest BCUT2D eigenvalue weighted by atomic mass is 9.31. The standard InChI is InChI=1S/C37H56O9/c1-20(2)24-10-9-22-13-15-35(7)25(29(22)24)11-12-28-34(6)17-26-30(44-21(3)39)45-31(41)37(26,46-32(42)43-19-23(40)18-38)33(4,5)27(34)14-16-36(28,35)8/h22-30,38,40H,1,9-19H2,2-8H3/t22-,23?,24+,25-,26?,27+,28?,29-,30?,34+,35-,36-,37-/m1/s1. The molecule has 5 aliphatic carbocycles. The Kier molecular flexibility index (Phi) is 8.23. The molecule has 0 spiro atoms. The lowest BCUT2D eigenvalue weighted by molar-refractivity contribution is -0.274. The van der Waals surface area contributed by atoms with Crippen LogP contribution in [-0.4, -0.2) is 59.5 Å². The first-order valence-corrected chi connectivity index (χ1v) is 17.7. The first kappa shape index (κ1) is 33.8. The van der Waals surface area contributed by atoms with Gasteiger partial charge in [0.15, 0.2) is 0 Å². The molecule has 0 aromatic heterocycles. The van der Waals surface area contributed by atoms with E-state index in [9.17, 15) is 24.6 Å². The van der Waals surface area contributed by atoms with Crippen molar-refractivity contribution in [2.75, 3.05) is 13.2 Å². The number of aliphatic hydroxyl groups is 2. The second kappa shape index (κ2) is 11.2. The summed E-state index contributed by atoms with van der Waals surface area (Å²) in [5.41, 5.74) is -1.29. The molecule has 0 aromatic rings. The van der Waals surface area contributed by atoms with Gasteiger partial charge < -0.3 is 29.2 Å². The van der Waals surface area contributed by atoms with E-state index in [4.69, 9.17) is 18.9 Å². The van der Waals surface area contributed by atoms with Crippen LogP contribution in [0.3, 0.4) is 0 Å². The molecule has 1 saturated heterocycles. The number of allylic oxidation sites excluding steroid dienone is 1. The van der Waals surface area contributed by atoms with E-state index in [1.165, 1.54) is 44.6 Å². The maximum Gasteiger partial charge on any atom is 0.509 e. The largest absolute Gasteiger partial charge is 0.509 e. The van der Waals surface area contributed by atoms with Gasteiger partial charge >= 0.3 is 18.1 Å². The van der Waals surface area contributed by atoms with Crippen LogP contribution >= 0.6 is 0 Å². The number of cyclic esters (lactones) is 1. The van der Waals surface area contributed by atoms with Gasteiger partial charge in [0.25, 0.3) is 6.29 Å². The molecule has 1 heterocycles. The molecule has 0 radical (unpaired) electrons.